The van der Waals surface area contributed by atoms with Gasteiger partial charge in [0.15, 0.2) is 0 Å². The Kier molecular flexibility index (Phi) is 2.57. The number of imidazole rings is 1. The molecule has 0 aromatic carbocycles. The first-order valence-electron chi connectivity index (χ1n) is 3.31. The number of nitrogens with zero attached hydrogens (tertiary/aromatic N) is 2. The number of ether oxygens (including phenoxy) is 1. The summed E-state index contributed by atoms with van der Waals surface area (Å²) in [6.07, 6.45) is 3.45. The van der Waals surface area contributed by atoms with Gasteiger partial charge in [-0.2, -0.15) is 0 Å². The van der Waals surface area contributed by atoms with Crippen LogP contribution >= 0.6 is 0 Å². The fourth-order valence-electron chi connectivity index (χ4n) is 0.821. The van der Waals surface area contributed by atoms with E-state index in [9.17, 15) is 9.59 Å². The largest absolute Gasteiger partial charge is 0.464 e. The molecule has 5 nitrogen and oxygen atoms in total. The van der Waals surface area contributed by atoms with Gasteiger partial charge in [-0.05, 0) is 0 Å². The van der Waals surface area contributed by atoms with Gasteiger partial charge in [0.1, 0.15) is 12.0 Å². The number of aromatic nitrogens is 2. The van der Waals surface area contributed by atoms with Gasteiger partial charge in [0, 0.05) is 0 Å². The second-order valence-corrected chi connectivity index (χ2v) is 2.09. The number of hydrogen-bond acceptors (Lipinski definition) is 4. The van der Waals surface area contributed by atoms with Gasteiger partial charge in [-0.1, -0.05) is 0 Å². The first kappa shape index (κ1) is 8.45. The first-order chi connectivity index (χ1) is 5.79. The predicted octanol–water partition coefficient (Wildman–Crippen LogP) is -0.131. The van der Waals surface area contributed by atoms with Crippen molar-refractivity contribution in [2.24, 2.45) is 0 Å². The Morgan fingerprint density at radius 3 is 3.17 bits per heavy atom. The summed E-state index contributed by atoms with van der Waals surface area (Å²) >= 11 is 0. The van der Waals surface area contributed by atoms with Gasteiger partial charge < -0.3 is 14.1 Å². The third kappa shape index (κ3) is 1.50. The lowest BCUT2D eigenvalue weighted by atomic mass is 10.4. The number of aldehydes is 1. The van der Waals surface area contributed by atoms with E-state index < -0.39 is 5.97 Å². The molecule has 12 heavy (non-hydrogen) atoms. The molecular weight excluding hydrogens is 160 g/mol. The van der Waals surface area contributed by atoms with Crippen LogP contribution in [-0.2, 0) is 16.1 Å². The highest BCUT2D eigenvalue weighted by Crippen LogP contribution is 1.99. The van der Waals surface area contributed by atoms with E-state index in [0.717, 1.165) is 0 Å². The lowest BCUT2D eigenvalue weighted by molar-refractivity contribution is -0.108. The van der Waals surface area contributed by atoms with Crippen molar-refractivity contribution in [2.45, 2.75) is 6.54 Å². The molecule has 64 valence electrons. The minimum Gasteiger partial charge on any atom is -0.464 e. The molecule has 0 amide bonds. The van der Waals surface area contributed by atoms with Crippen LogP contribution in [-0.4, -0.2) is 28.9 Å². The molecule has 5 heteroatoms. The van der Waals surface area contributed by atoms with Crippen molar-refractivity contribution in [1.29, 1.82) is 0 Å². The summed E-state index contributed by atoms with van der Waals surface area (Å²) in [6, 6.07) is 0. The maximum absolute atomic E-state index is 11.0. The maximum atomic E-state index is 11.0. The summed E-state index contributed by atoms with van der Waals surface area (Å²) in [6.45, 7) is 0.116. The Hall–Kier alpha value is -1.65. The Balaban J connectivity index is 2.90. The highest BCUT2D eigenvalue weighted by molar-refractivity contribution is 5.87. The molecular formula is C7H8N2O3. The van der Waals surface area contributed by atoms with E-state index >= 15 is 0 Å². The van der Waals surface area contributed by atoms with Crippen LogP contribution in [0.15, 0.2) is 12.5 Å². The molecule has 0 aliphatic rings. The summed E-state index contributed by atoms with van der Waals surface area (Å²) in [5.74, 6) is -0.491. The van der Waals surface area contributed by atoms with Crippen LogP contribution in [0.4, 0.5) is 0 Å². The van der Waals surface area contributed by atoms with Gasteiger partial charge in [0.05, 0.1) is 26.2 Å². The number of hydrogen-bond donors (Lipinski definition) is 0. The molecule has 0 radical (unpaired) electrons. The average molecular weight is 168 g/mol. The van der Waals surface area contributed by atoms with Gasteiger partial charge in [0.25, 0.3) is 0 Å². The van der Waals surface area contributed by atoms with Crippen LogP contribution in [0.25, 0.3) is 0 Å². The van der Waals surface area contributed by atoms with Crippen LogP contribution in [0.5, 0.6) is 0 Å². The summed E-state index contributed by atoms with van der Waals surface area (Å²) in [4.78, 5) is 24.8. The van der Waals surface area contributed by atoms with Gasteiger partial charge in [-0.25, -0.2) is 9.78 Å². The molecule has 1 rings (SSSR count). The van der Waals surface area contributed by atoms with Crippen molar-refractivity contribution in [3.05, 3.63) is 18.2 Å². The Morgan fingerprint density at radius 2 is 2.58 bits per heavy atom. The van der Waals surface area contributed by atoms with Crippen molar-refractivity contribution in [2.75, 3.05) is 7.11 Å². The fraction of sp³-hybridized carbons (Fsp3) is 0.286. The highest BCUT2D eigenvalue weighted by Gasteiger charge is 2.10. The number of methoxy groups -OCH3 is 1. The number of carbonyl (C=O) groups excluding carboxylic acids is 2. The van der Waals surface area contributed by atoms with Crippen molar-refractivity contribution in [3.63, 3.8) is 0 Å². The minimum atomic E-state index is -0.491. The zero-order chi connectivity index (χ0) is 8.97. The second-order valence-electron chi connectivity index (χ2n) is 2.09. The molecule has 0 N–H and O–H groups in total. The molecule has 0 aliphatic carbocycles. The van der Waals surface area contributed by atoms with Gasteiger partial charge in [-0.3, -0.25) is 0 Å². The zero-order valence-corrected chi connectivity index (χ0v) is 6.56. The van der Waals surface area contributed by atoms with Crippen LogP contribution in [0, 0.1) is 0 Å². The van der Waals surface area contributed by atoms with Crippen molar-refractivity contribution in [3.8, 4) is 0 Å². The van der Waals surface area contributed by atoms with E-state index in [1.54, 1.807) is 0 Å². The predicted molar refractivity (Wildman–Crippen MR) is 39.6 cm³/mol. The zero-order valence-electron chi connectivity index (χ0n) is 6.56. The lowest BCUT2D eigenvalue weighted by Gasteiger charge is -2.00. The van der Waals surface area contributed by atoms with Crippen LogP contribution in [0.3, 0.4) is 0 Å². The van der Waals surface area contributed by atoms with E-state index in [4.69, 9.17) is 0 Å². The molecule has 0 unspecified atom stereocenters. The SMILES string of the molecule is COC(=O)c1cncn1CC=O. The van der Waals surface area contributed by atoms with Crippen molar-refractivity contribution >= 4 is 12.3 Å². The van der Waals surface area contributed by atoms with E-state index in [2.05, 4.69) is 9.72 Å². The molecule has 1 aromatic rings. The van der Waals surface area contributed by atoms with E-state index in [-0.39, 0.29) is 12.2 Å². The fourth-order valence-corrected chi connectivity index (χ4v) is 0.821. The first-order valence-corrected chi connectivity index (χ1v) is 3.31. The van der Waals surface area contributed by atoms with Crippen molar-refractivity contribution < 1.29 is 14.3 Å². The maximum Gasteiger partial charge on any atom is 0.356 e. The molecule has 0 fully saturated rings. The topological polar surface area (TPSA) is 61.2 Å². The molecule has 0 bridgehead atoms. The van der Waals surface area contributed by atoms with Gasteiger partial charge in [-0.15, -0.1) is 0 Å². The smallest absolute Gasteiger partial charge is 0.356 e. The van der Waals surface area contributed by atoms with Crippen LogP contribution < -0.4 is 0 Å². The van der Waals surface area contributed by atoms with Gasteiger partial charge in [0.2, 0.25) is 0 Å². The normalized spacial score (nSPS) is 9.42. The van der Waals surface area contributed by atoms with E-state index in [1.807, 2.05) is 0 Å². The number of esters is 1. The summed E-state index contributed by atoms with van der Waals surface area (Å²) in [5.41, 5.74) is 0.282. The van der Waals surface area contributed by atoms with Crippen LogP contribution in [0.2, 0.25) is 0 Å². The summed E-state index contributed by atoms with van der Waals surface area (Å²) in [7, 11) is 1.28. The molecule has 0 saturated heterocycles. The van der Waals surface area contributed by atoms with E-state index in [1.165, 1.54) is 24.2 Å². The molecule has 0 saturated carbocycles. The molecule has 0 aliphatic heterocycles. The Bertz CT molecular complexity index is 293. The quantitative estimate of drug-likeness (QED) is 0.466. The van der Waals surface area contributed by atoms with Crippen molar-refractivity contribution in [1.82, 2.24) is 9.55 Å². The van der Waals surface area contributed by atoms with Crippen LogP contribution in [0.1, 0.15) is 10.5 Å². The minimum absolute atomic E-state index is 0.116. The molecule has 0 spiro atoms. The summed E-state index contributed by atoms with van der Waals surface area (Å²) in [5, 5.41) is 0. The Morgan fingerprint density at radius 1 is 1.83 bits per heavy atom. The lowest BCUT2D eigenvalue weighted by Crippen LogP contribution is -2.10. The third-order valence-corrected chi connectivity index (χ3v) is 1.38. The molecule has 1 aromatic heterocycles. The molecule has 0 atom stereocenters. The summed E-state index contributed by atoms with van der Waals surface area (Å²) < 4.78 is 5.88. The molecule has 1 heterocycles. The third-order valence-electron chi connectivity index (χ3n) is 1.38. The number of carbonyl (C=O) groups is 2. The monoisotopic (exact) mass is 168 g/mol. The average Bonchev–Trinajstić information content (AvgIpc) is 2.52. The highest BCUT2D eigenvalue weighted by atomic mass is 16.5. The Labute approximate surface area is 69.0 Å². The van der Waals surface area contributed by atoms with Gasteiger partial charge >= 0.3 is 5.97 Å². The van der Waals surface area contributed by atoms with E-state index in [0.29, 0.717) is 6.29 Å². The standard InChI is InChI=1S/C7H8N2O3/c1-12-7(11)6-4-8-5-9(6)2-3-10/h3-5H,2H2,1H3. The second kappa shape index (κ2) is 3.66. The number of rotatable bonds is 3.